The summed E-state index contributed by atoms with van der Waals surface area (Å²) in [5, 5.41) is 2.85. The SMILES string of the molecule is COC(=O)CNCCOCCN. The second-order valence-corrected chi connectivity index (χ2v) is 2.15. The molecule has 0 rings (SSSR count). The van der Waals surface area contributed by atoms with Crippen molar-refractivity contribution in [2.24, 2.45) is 5.73 Å². The lowest BCUT2D eigenvalue weighted by Gasteiger charge is -2.03. The zero-order valence-electron chi connectivity index (χ0n) is 7.34. The summed E-state index contributed by atoms with van der Waals surface area (Å²) in [4.78, 5) is 10.6. The Morgan fingerprint density at radius 2 is 2.25 bits per heavy atom. The first-order valence-electron chi connectivity index (χ1n) is 3.86. The van der Waals surface area contributed by atoms with E-state index in [9.17, 15) is 4.79 Å². The number of rotatable bonds is 7. The number of nitrogens with one attached hydrogen (secondary N) is 1. The molecule has 0 atom stereocenters. The molecule has 0 amide bonds. The van der Waals surface area contributed by atoms with Crippen molar-refractivity contribution in [3.05, 3.63) is 0 Å². The number of carbonyl (C=O) groups excluding carboxylic acids is 1. The van der Waals surface area contributed by atoms with Gasteiger partial charge in [-0.15, -0.1) is 0 Å². The summed E-state index contributed by atoms with van der Waals surface area (Å²) in [5.41, 5.74) is 5.19. The smallest absolute Gasteiger partial charge is 0.319 e. The summed E-state index contributed by atoms with van der Waals surface area (Å²) in [7, 11) is 1.36. The van der Waals surface area contributed by atoms with Crippen LogP contribution in [0.1, 0.15) is 0 Å². The molecule has 0 heterocycles. The highest BCUT2D eigenvalue weighted by atomic mass is 16.5. The highest BCUT2D eigenvalue weighted by Crippen LogP contribution is 1.72. The highest BCUT2D eigenvalue weighted by molar-refractivity contribution is 5.71. The molecule has 0 aromatic heterocycles. The molecule has 12 heavy (non-hydrogen) atoms. The lowest BCUT2D eigenvalue weighted by Crippen LogP contribution is -2.27. The summed E-state index contributed by atoms with van der Waals surface area (Å²) in [6.45, 7) is 2.50. The largest absolute Gasteiger partial charge is 0.468 e. The standard InChI is InChI=1S/C7H16N2O3/c1-11-7(10)6-9-3-5-12-4-2-8/h9H,2-6,8H2,1H3. The van der Waals surface area contributed by atoms with E-state index in [1.54, 1.807) is 0 Å². The first-order valence-corrected chi connectivity index (χ1v) is 3.86. The van der Waals surface area contributed by atoms with E-state index in [1.807, 2.05) is 0 Å². The van der Waals surface area contributed by atoms with Crippen LogP contribution in [0.3, 0.4) is 0 Å². The monoisotopic (exact) mass is 176 g/mol. The molecular formula is C7H16N2O3. The molecule has 0 aromatic rings. The molecule has 72 valence electrons. The average molecular weight is 176 g/mol. The van der Waals surface area contributed by atoms with Crippen molar-refractivity contribution < 1.29 is 14.3 Å². The summed E-state index contributed by atoms with van der Waals surface area (Å²) in [6.07, 6.45) is 0. The van der Waals surface area contributed by atoms with Crippen LogP contribution in [-0.4, -0.2) is 45.9 Å². The van der Waals surface area contributed by atoms with Gasteiger partial charge in [-0.25, -0.2) is 0 Å². The van der Waals surface area contributed by atoms with Crippen LogP contribution in [0.2, 0.25) is 0 Å². The molecule has 3 N–H and O–H groups in total. The number of nitrogens with two attached hydrogens (primary N) is 1. The molecule has 0 spiro atoms. The van der Waals surface area contributed by atoms with E-state index in [4.69, 9.17) is 10.5 Å². The second-order valence-electron chi connectivity index (χ2n) is 2.15. The van der Waals surface area contributed by atoms with Crippen LogP contribution in [0.5, 0.6) is 0 Å². The minimum absolute atomic E-state index is 0.225. The minimum Gasteiger partial charge on any atom is -0.468 e. The third kappa shape index (κ3) is 7.46. The second kappa shape index (κ2) is 8.45. The lowest BCUT2D eigenvalue weighted by atomic mass is 10.6. The van der Waals surface area contributed by atoms with Gasteiger partial charge in [0.1, 0.15) is 0 Å². The number of methoxy groups -OCH3 is 1. The summed E-state index contributed by atoms with van der Waals surface area (Å²) >= 11 is 0. The molecule has 5 nitrogen and oxygen atoms in total. The lowest BCUT2D eigenvalue weighted by molar-refractivity contribution is -0.139. The van der Waals surface area contributed by atoms with Gasteiger partial charge >= 0.3 is 5.97 Å². The summed E-state index contributed by atoms with van der Waals surface area (Å²) in [6, 6.07) is 0. The van der Waals surface area contributed by atoms with Gasteiger partial charge in [0.15, 0.2) is 0 Å². The van der Waals surface area contributed by atoms with Crippen molar-refractivity contribution in [2.45, 2.75) is 0 Å². The molecular weight excluding hydrogens is 160 g/mol. The van der Waals surface area contributed by atoms with Gasteiger partial charge in [0, 0.05) is 13.1 Å². The Bertz CT molecular complexity index is 119. The first kappa shape index (κ1) is 11.4. The number of esters is 1. The van der Waals surface area contributed by atoms with E-state index in [-0.39, 0.29) is 12.5 Å². The van der Waals surface area contributed by atoms with Gasteiger partial charge in [-0.1, -0.05) is 0 Å². The average Bonchev–Trinajstić information content (AvgIpc) is 2.10. The Balaban J connectivity index is 2.95. The van der Waals surface area contributed by atoms with E-state index < -0.39 is 0 Å². The Morgan fingerprint density at radius 1 is 1.50 bits per heavy atom. The van der Waals surface area contributed by atoms with Crippen LogP contribution < -0.4 is 11.1 Å². The maximum absolute atomic E-state index is 10.6. The number of carbonyl (C=O) groups is 1. The van der Waals surface area contributed by atoms with E-state index in [1.165, 1.54) is 7.11 Å². The zero-order chi connectivity index (χ0) is 9.23. The topological polar surface area (TPSA) is 73.6 Å². The molecule has 0 radical (unpaired) electrons. The van der Waals surface area contributed by atoms with Gasteiger partial charge in [-0.2, -0.15) is 0 Å². The molecule has 0 aliphatic rings. The van der Waals surface area contributed by atoms with Crippen molar-refractivity contribution in [1.82, 2.24) is 5.32 Å². The fraction of sp³-hybridized carbons (Fsp3) is 0.857. The van der Waals surface area contributed by atoms with E-state index >= 15 is 0 Å². The van der Waals surface area contributed by atoms with E-state index in [0.717, 1.165) is 0 Å². The molecule has 0 aliphatic heterocycles. The fourth-order valence-corrected chi connectivity index (χ4v) is 0.592. The molecule has 0 aliphatic carbocycles. The van der Waals surface area contributed by atoms with Crippen molar-refractivity contribution in [1.29, 1.82) is 0 Å². The van der Waals surface area contributed by atoms with Crippen LogP contribution in [-0.2, 0) is 14.3 Å². The third-order valence-corrected chi connectivity index (χ3v) is 1.18. The maximum atomic E-state index is 10.6. The predicted molar refractivity (Wildman–Crippen MR) is 44.8 cm³/mol. The van der Waals surface area contributed by atoms with Gasteiger partial charge in [-0.3, -0.25) is 4.79 Å². The van der Waals surface area contributed by atoms with Crippen molar-refractivity contribution in [3.63, 3.8) is 0 Å². The Labute approximate surface area is 72.2 Å². The van der Waals surface area contributed by atoms with Crippen LogP contribution in [0.4, 0.5) is 0 Å². The maximum Gasteiger partial charge on any atom is 0.319 e. The molecule has 0 unspecified atom stereocenters. The van der Waals surface area contributed by atoms with Gasteiger partial charge < -0.3 is 20.5 Å². The quantitative estimate of drug-likeness (QED) is 0.373. The third-order valence-electron chi connectivity index (χ3n) is 1.18. The first-order chi connectivity index (χ1) is 5.81. The minimum atomic E-state index is -0.270. The number of hydrogen-bond acceptors (Lipinski definition) is 5. The van der Waals surface area contributed by atoms with E-state index in [0.29, 0.717) is 26.3 Å². The van der Waals surface area contributed by atoms with Crippen molar-refractivity contribution >= 4 is 5.97 Å². The molecule has 5 heteroatoms. The predicted octanol–water partition coefficient (Wildman–Crippen LogP) is -1.28. The summed E-state index contributed by atoms with van der Waals surface area (Å²) < 4.78 is 9.47. The highest BCUT2D eigenvalue weighted by Gasteiger charge is 1.96. The van der Waals surface area contributed by atoms with Gasteiger partial charge in [0.05, 0.1) is 26.9 Å². The molecule has 0 aromatic carbocycles. The molecule has 0 bridgehead atoms. The van der Waals surface area contributed by atoms with Crippen molar-refractivity contribution in [3.8, 4) is 0 Å². The van der Waals surface area contributed by atoms with E-state index in [2.05, 4.69) is 10.1 Å². The molecule has 0 saturated carbocycles. The Kier molecular flexibility index (Phi) is 7.99. The Morgan fingerprint density at radius 3 is 2.83 bits per heavy atom. The van der Waals surface area contributed by atoms with Gasteiger partial charge in [-0.05, 0) is 0 Å². The number of hydrogen-bond donors (Lipinski definition) is 2. The summed E-state index contributed by atoms with van der Waals surface area (Å²) in [5.74, 6) is -0.270. The fourth-order valence-electron chi connectivity index (χ4n) is 0.592. The van der Waals surface area contributed by atoms with Crippen LogP contribution >= 0.6 is 0 Å². The number of ether oxygens (including phenoxy) is 2. The van der Waals surface area contributed by atoms with Crippen LogP contribution in [0, 0.1) is 0 Å². The van der Waals surface area contributed by atoms with Crippen LogP contribution in [0.25, 0.3) is 0 Å². The molecule has 0 fully saturated rings. The molecule has 0 saturated heterocycles. The zero-order valence-corrected chi connectivity index (χ0v) is 7.34. The van der Waals surface area contributed by atoms with Crippen molar-refractivity contribution in [2.75, 3.05) is 40.0 Å². The van der Waals surface area contributed by atoms with Gasteiger partial charge in [0.25, 0.3) is 0 Å². The Hall–Kier alpha value is -0.650. The normalized spacial score (nSPS) is 9.83. The van der Waals surface area contributed by atoms with Gasteiger partial charge in [0.2, 0.25) is 0 Å². The van der Waals surface area contributed by atoms with Crippen LogP contribution in [0.15, 0.2) is 0 Å².